The standard InChI is InChI=1S/C12H19NO3/c1-12(5-2-6-12)8-13-7-9(11(15)16)3-4-10(13)14/h9H,2-8H2,1H3,(H,15,16). The van der Waals surface area contributed by atoms with Gasteiger partial charge in [-0.05, 0) is 24.7 Å². The van der Waals surface area contributed by atoms with E-state index in [1.165, 1.54) is 6.42 Å². The topological polar surface area (TPSA) is 57.6 Å². The third-order valence-corrected chi connectivity index (χ3v) is 3.98. The van der Waals surface area contributed by atoms with Gasteiger partial charge in [0.2, 0.25) is 5.91 Å². The summed E-state index contributed by atoms with van der Waals surface area (Å²) in [5.41, 5.74) is 0.246. The van der Waals surface area contributed by atoms with Crippen LogP contribution in [0.4, 0.5) is 0 Å². The largest absolute Gasteiger partial charge is 0.481 e. The molecular formula is C12H19NO3. The second kappa shape index (κ2) is 4.07. The number of carbonyl (C=O) groups is 2. The Bertz CT molecular complexity index is 309. The minimum atomic E-state index is -0.767. The van der Waals surface area contributed by atoms with E-state index in [0.29, 0.717) is 19.4 Å². The van der Waals surface area contributed by atoms with Gasteiger partial charge in [0.05, 0.1) is 5.92 Å². The highest BCUT2D eigenvalue weighted by Crippen LogP contribution is 2.41. The van der Waals surface area contributed by atoms with Crippen molar-refractivity contribution < 1.29 is 14.7 Å². The first-order chi connectivity index (χ1) is 7.50. The van der Waals surface area contributed by atoms with E-state index in [9.17, 15) is 9.59 Å². The molecule has 2 rings (SSSR count). The predicted molar refractivity (Wildman–Crippen MR) is 58.9 cm³/mol. The van der Waals surface area contributed by atoms with Crippen LogP contribution in [-0.4, -0.2) is 35.0 Å². The van der Waals surface area contributed by atoms with Crippen LogP contribution < -0.4 is 0 Å². The number of carbonyl (C=O) groups excluding carboxylic acids is 1. The van der Waals surface area contributed by atoms with Crippen LogP contribution in [0.3, 0.4) is 0 Å². The van der Waals surface area contributed by atoms with Crippen molar-refractivity contribution >= 4 is 11.9 Å². The smallest absolute Gasteiger partial charge is 0.308 e. The molecule has 0 aromatic carbocycles. The minimum Gasteiger partial charge on any atom is -0.481 e. The quantitative estimate of drug-likeness (QED) is 0.791. The van der Waals surface area contributed by atoms with Crippen molar-refractivity contribution in [3.05, 3.63) is 0 Å². The number of hydrogen-bond donors (Lipinski definition) is 1. The van der Waals surface area contributed by atoms with Crippen molar-refractivity contribution in [2.75, 3.05) is 13.1 Å². The third kappa shape index (κ3) is 2.20. The predicted octanol–water partition coefficient (Wildman–Crippen LogP) is 1.50. The molecule has 4 nitrogen and oxygen atoms in total. The zero-order chi connectivity index (χ0) is 11.8. The number of piperidine rings is 1. The van der Waals surface area contributed by atoms with Crippen molar-refractivity contribution in [2.45, 2.75) is 39.0 Å². The van der Waals surface area contributed by atoms with Gasteiger partial charge in [0.15, 0.2) is 0 Å². The fourth-order valence-electron chi connectivity index (χ4n) is 2.67. The summed E-state index contributed by atoms with van der Waals surface area (Å²) in [6.07, 6.45) is 4.46. The van der Waals surface area contributed by atoms with Gasteiger partial charge in [0.25, 0.3) is 0 Å². The number of hydrogen-bond acceptors (Lipinski definition) is 2. The first kappa shape index (κ1) is 11.4. The van der Waals surface area contributed by atoms with E-state index in [4.69, 9.17) is 5.11 Å². The van der Waals surface area contributed by atoms with E-state index in [-0.39, 0.29) is 17.2 Å². The Morgan fingerprint density at radius 1 is 1.56 bits per heavy atom. The Kier molecular flexibility index (Phi) is 2.91. The molecule has 2 fully saturated rings. The molecule has 90 valence electrons. The lowest BCUT2D eigenvalue weighted by molar-refractivity contribution is -0.148. The van der Waals surface area contributed by atoms with Crippen molar-refractivity contribution in [1.29, 1.82) is 0 Å². The number of aliphatic carboxylic acids is 1. The van der Waals surface area contributed by atoms with Gasteiger partial charge in [-0.2, -0.15) is 0 Å². The van der Waals surface area contributed by atoms with Crippen LogP contribution >= 0.6 is 0 Å². The molecule has 2 aliphatic rings. The van der Waals surface area contributed by atoms with E-state index < -0.39 is 5.97 Å². The normalized spacial score (nSPS) is 28.7. The summed E-state index contributed by atoms with van der Waals surface area (Å²) < 4.78 is 0. The van der Waals surface area contributed by atoms with Crippen molar-refractivity contribution in [2.24, 2.45) is 11.3 Å². The van der Waals surface area contributed by atoms with Gasteiger partial charge in [0, 0.05) is 19.5 Å². The molecule has 4 heteroatoms. The molecule has 1 amide bonds. The number of rotatable bonds is 3. The highest BCUT2D eigenvalue weighted by molar-refractivity contribution is 5.80. The highest BCUT2D eigenvalue weighted by Gasteiger charge is 2.38. The average molecular weight is 225 g/mol. The van der Waals surface area contributed by atoms with Gasteiger partial charge in [-0.25, -0.2) is 0 Å². The van der Waals surface area contributed by atoms with Gasteiger partial charge in [-0.3, -0.25) is 9.59 Å². The summed E-state index contributed by atoms with van der Waals surface area (Å²) in [5, 5.41) is 8.97. The van der Waals surface area contributed by atoms with Gasteiger partial charge in [0.1, 0.15) is 0 Å². The van der Waals surface area contributed by atoms with Crippen LogP contribution in [-0.2, 0) is 9.59 Å². The monoisotopic (exact) mass is 225 g/mol. The van der Waals surface area contributed by atoms with Gasteiger partial charge in [-0.15, -0.1) is 0 Å². The first-order valence-corrected chi connectivity index (χ1v) is 6.01. The zero-order valence-electron chi connectivity index (χ0n) is 9.74. The first-order valence-electron chi connectivity index (χ1n) is 6.01. The van der Waals surface area contributed by atoms with Gasteiger partial charge >= 0.3 is 5.97 Å². The molecule has 1 saturated heterocycles. The van der Waals surface area contributed by atoms with Crippen LogP contribution in [0.1, 0.15) is 39.0 Å². The molecular weight excluding hydrogens is 206 g/mol. The zero-order valence-corrected chi connectivity index (χ0v) is 9.74. The Labute approximate surface area is 95.6 Å². The van der Waals surface area contributed by atoms with E-state index >= 15 is 0 Å². The lowest BCUT2D eigenvalue weighted by Crippen LogP contribution is -2.48. The lowest BCUT2D eigenvalue weighted by Gasteiger charge is -2.44. The van der Waals surface area contributed by atoms with Crippen LogP contribution in [0.15, 0.2) is 0 Å². The van der Waals surface area contributed by atoms with Crippen LogP contribution in [0.25, 0.3) is 0 Å². The van der Waals surface area contributed by atoms with Crippen molar-refractivity contribution in [3.63, 3.8) is 0 Å². The van der Waals surface area contributed by atoms with E-state index in [1.807, 2.05) is 0 Å². The summed E-state index contributed by atoms with van der Waals surface area (Å²) in [6, 6.07) is 0. The lowest BCUT2D eigenvalue weighted by atomic mass is 9.70. The van der Waals surface area contributed by atoms with Crippen LogP contribution in [0.5, 0.6) is 0 Å². The Balaban J connectivity index is 1.96. The summed E-state index contributed by atoms with van der Waals surface area (Å²) >= 11 is 0. The molecule has 0 radical (unpaired) electrons. The summed E-state index contributed by atoms with van der Waals surface area (Å²) in [7, 11) is 0. The van der Waals surface area contributed by atoms with Crippen LogP contribution in [0.2, 0.25) is 0 Å². The Morgan fingerprint density at radius 2 is 2.25 bits per heavy atom. The molecule has 0 aromatic rings. The molecule has 1 unspecified atom stereocenters. The minimum absolute atomic E-state index is 0.130. The third-order valence-electron chi connectivity index (χ3n) is 3.98. The van der Waals surface area contributed by atoms with Gasteiger partial charge < -0.3 is 10.0 Å². The van der Waals surface area contributed by atoms with E-state index in [2.05, 4.69) is 6.92 Å². The van der Waals surface area contributed by atoms with E-state index in [0.717, 1.165) is 19.4 Å². The summed E-state index contributed by atoms with van der Waals surface area (Å²) in [5.74, 6) is -0.997. The maximum Gasteiger partial charge on any atom is 0.308 e. The van der Waals surface area contributed by atoms with Crippen LogP contribution in [0, 0.1) is 11.3 Å². The molecule has 1 heterocycles. The summed E-state index contributed by atoms with van der Waals surface area (Å²) in [6.45, 7) is 3.34. The Morgan fingerprint density at radius 3 is 2.75 bits per heavy atom. The second-order valence-corrected chi connectivity index (χ2v) is 5.51. The van der Waals surface area contributed by atoms with Crippen molar-refractivity contribution in [1.82, 2.24) is 4.90 Å². The Hall–Kier alpha value is -1.06. The number of carboxylic acid groups (broad SMARTS) is 1. The molecule has 1 atom stereocenters. The van der Waals surface area contributed by atoms with Gasteiger partial charge in [-0.1, -0.05) is 13.3 Å². The number of carboxylic acids is 1. The van der Waals surface area contributed by atoms with Crippen molar-refractivity contribution in [3.8, 4) is 0 Å². The number of nitrogens with zero attached hydrogens (tertiary/aromatic N) is 1. The molecule has 1 aliphatic carbocycles. The molecule has 16 heavy (non-hydrogen) atoms. The summed E-state index contributed by atoms with van der Waals surface area (Å²) in [4.78, 5) is 24.4. The fourth-order valence-corrected chi connectivity index (χ4v) is 2.67. The SMILES string of the molecule is CC1(CN2CC(C(=O)O)CCC2=O)CCC1. The molecule has 0 aromatic heterocycles. The average Bonchev–Trinajstić information content (AvgIpc) is 2.18. The second-order valence-electron chi connectivity index (χ2n) is 5.51. The fraction of sp³-hybridized carbons (Fsp3) is 0.833. The maximum absolute atomic E-state index is 11.7. The highest BCUT2D eigenvalue weighted by atomic mass is 16.4. The molecule has 1 saturated carbocycles. The number of likely N-dealkylation sites (tertiary alicyclic amines) is 1. The maximum atomic E-state index is 11.7. The van der Waals surface area contributed by atoms with E-state index in [1.54, 1.807) is 4.90 Å². The number of amides is 1. The molecule has 1 aliphatic heterocycles. The molecule has 1 N–H and O–H groups in total. The molecule has 0 bridgehead atoms. The molecule has 0 spiro atoms.